The number of rotatable bonds is 4. The fourth-order valence-corrected chi connectivity index (χ4v) is 3.76. The number of thioether (sulfide) groups is 1. The molecule has 1 aliphatic carbocycles. The average Bonchev–Trinajstić information content (AvgIpc) is 2.83. The van der Waals surface area contributed by atoms with E-state index in [0.717, 1.165) is 35.7 Å². The Morgan fingerprint density at radius 3 is 2.70 bits per heavy atom. The molecule has 1 unspecified atom stereocenters. The van der Waals surface area contributed by atoms with Gasteiger partial charge in [-0.15, -0.1) is 0 Å². The molecular formula is C12H18N2O4S2. The highest BCUT2D eigenvalue weighted by atomic mass is 32.2. The summed E-state index contributed by atoms with van der Waals surface area (Å²) in [5.41, 5.74) is -0.892. The summed E-state index contributed by atoms with van der Waals surface area (Å²) >= 11 is 5.25. The number of thiol groups is 1. The molecule has 1 atom stereocenters. The van der Waals surface area contributed by atoms with Gasteiger partial charge in [0.05, 0.1) is 0 Å². The molecule has 1 amide bonds. The quantitative estimate of drug-likeness (QED) is 0.615. The molecule has 0 spiro atoms. The third-order valence-electron chi connectivity index (χ3n) is 3.36. The Bertz CT molecular complexity index is 410. The molecule has 6 nitrogen and oxygen atoms in total. The van der Waals surface area contributed by atoms with E-state index in [-0.39, 0.29) is 12.3 Å². The van der Waals surface area contributed by atoms with E-state index in [1.165, 1.54) is 18.2 Å². The van der Waals surface area contributed by atoms with Crippen LogP contribution in [-0.4, -0.2) is 38.5 Å². The molecule has 0 aromatic rings. The summed E-state index contributed by atoms with van der Waals surface area (Å²) in [5, 5.41) is 15.0. The average molecular weight is 318 g/mol. The van der Waals surface area contributed by atoms with E-state index in [9.17, 15) is 9.59 Å². The van der Waals surface area contributed by atoms with Crippen LogP contribution in [0.1, 0.15) is 38.5 Å². The van der Waals surface area contributed by atoms with Crippen LogP contribution in [0.15, 0.2) is 5.10 Å². The van der Waals surface area contributed by atoms with Crippen molar-refractivity contribution in [2.45, 2.75) is 44.1 Å². The van der Waals surface area contributed by atoms with Gasteiger partial charge in [0.25, 0.3) is 5.56 Å². The highest BCUT2D eigenvalue weighted by Gasteiger charge is 2.37. The Labute approximate surface area is 127 Å². The van der Waals surface area contributed by atoms with Crippen LogP contribution in [0.4, 0.5) is 4.79 Å². The minimum absolute atomic E-state index is 0.213. The van der Waals surface area contributed by atoms with Crippen LogP contribution < -0.4 is 0 Å². The maximum absolute atomic E-state index is 11.9. The second-order valence-electron chi connectivity index (χ2n) is 4.79. The van der Waals surface area contributed by atoms with Crippen molar-refractivity contribution in [3.8, 4) is 0 Å². The molecular weight excluding hydrogens is 300 g/mol. The van der Waals surface area contributed by atoms with Crippen LogP contribution in [0.3, 0.4) is 0 Å². The lowest BCUT2D eigenvalue weighted by atomic mass is 9.90. The molecule has 0 bridgehead atoms. The zero-order valence-corrected chi connectivity index (χ0v) is 12.7. The van der Waals surface area contributed by atoms with Crippen molar-refractivity contribution >= 4 is 41.5 Å². The number of carbonyl (C=O) groups excluding carboxylic acids is 1. The molecule has 0 aromatic carbocycles. The lowest BCUT2D eigenvalue weighted by Gasteiger charge is -2.20. The minimum atomic E-state index is -1.40. The van der Waals surface area contributed by atoms with Crippen LogP contribution in [0.25, 0.3) is 0 Å². The minimum Gasteiger partial charge on any atom is -0.450 e. The molecule has 0 aromatic heterocycles. The largest absolute Gasteiger partial charge is 0.508 e. The number of carbonyl (C=O) groups is 2. The number of ether oxygens (including phenoxy) is 1. The van der Waals surface area contributed by atoms with Crippen molar-refractivity contribution in [2.75, 3.05) is 5.75 Å². The Kier molecular flexibility index (Phi) is 5.59. The maximum atomic E-state index is 11.9. The molecule has 2 aliphatic rings. The molecule has 0 saturated heterocycles. The monoisotopic (exact) mass is 318 g/mol. The summed E-state index contributed by atoms with van der Waals surface area (Å²) in [6.45, 7) is 0. The Hall–Kier alpha value is -0.890. The topological polar surface area (TPSA) is 79.2 Å². The number of amides is 1. The van der Waals surface area contributed by atoms with Gasteiger partial charge in [0.2, 0.25) is 5.91 Å². The molecule has 1 heterocycles. The SMILES string of the molecule is O=C(O)OC1SC(C2CCCCC2)=NN1C(=O)CCS. The van der Waals surface area contributed by atoms with Gasteiger partial charge in [-0.2, -0.15) is 22.7 Å². The molecule has 1 aliphatic heterocycles. The van der Waals surface area contributed by atoms with Crippen LogP contribution >= 0.6 is 24.4 Å². The van der Waals surface area contributed by atoms with Gasteiger partial charge in [-0.05, 0) is 30.4 Å². The third-order valence-corrected chi connectivity index (χ3v) is 4.74. The van der Waals surface area contributed by atoms with Gasteiger partial charge in [-0.25, -0.2) is 4.79 Å². The van der Waals surface area contributed by atoms with Gasteiger partial charge in [-0.3, -0.25) is 4.79 Å². The number of hydrogen-bond donors (Lipinski definition) is 2. The van der Waals surface area contributed by atoms with Crippen LogP contribution in [0.2, 0.25) is 0 Å². The standard InChI is InChI=1S/C12H18N2O4S2/c15-9(6-7-19)14-11(18-12(16)17)20-10(13-14)8-4-2-1-3-5-8/h8,11,19H,1-7H2,(H,16,17). The second-order valence-corrected chi connectivity index (χ2v) is 6.30. The summed E-state index contributed by atoms with van der Waals surface area (Å²) in [5.74, 6) is 0.459. The molecule has 1 N–H and O–H groups in total. The Morgan fingerprint density at radius 1 is 1.40 bits per heavy atom. The second kappa shape index (κ2) is 7.21. The van der Waals surface area contributed by atoms with Crippen molar-refractivity contribution in [2.24, 2.45) is 11.0 Å². The molecule has 1 saturated carbocycles. The highest BCUT2D eigenvalue weighted by molar-refractivity contribution is 8.14. The number of carboxylic acid groups (broad SMARTS) is 1. The first-order valence-electron chi connectivity index (χ1n) is 6.69. The van der Waals surface area contributed by atoms with E-state index < -0.39 is 11.7 Å². The summed E-state index contributed by atoms with van der Waals surface area (Å²) in [7, 11) is 0. The third kappa shape index (κ3) is 3.82. The smallest absolute Gasteiger partial charge is 0.450 e. The lowest BCUT2D eigenvalue weighted by Crippen LogP contribution is -2.34. The Morgan fingerprint density at radius 2 is 2.10 bits per heavy atom. The molecule has 20 heavy (non-hydrogen) atoms. The fourth-order valence-electron chi connectivity index (χ4n) is 2.40. The van der Waals surface area contributed by atoms with Gasteiger partial charge >= 0.3 is 6.16 Å². The number of nitrogens with zero attached hydrogens (tertiary/aromatic N) is 2. The van der Waals surface area contributed by atoms with Crippen molar-refractivity contribution < 1.29 is 19.4 Å². The van der Waals surface area contributed by atoms with Gasteiger partial charge in [0, 0.05) is 12.3 Å². The lowest BCUT2D eigenvalue weighted by molar-refractivity contribution is -0.136. The van der Waals surface area contributed by atoms with Gasteiger partial charge in [-0.1, -0.05) is 19.3 Å². The number of hydrogen-bond acceptors (Lipinski definition) is 6. The molecule has 8 heteroatoms. The summed E-state index contributed by atoms with van der Waals surface area (Å²) in [4.78, 5) is 22.7. The predicted octanol–water partition coefficient (Wildman–Crippen LogP) is 2.75. The zero-order valence-electron chi connectivity index (χ0n) is 11.0. The fraction of sp³-hybridized carbons (Fsp3) is 0.750. The van der Waals surface area contributed by atoms with Crippen LogP contribution in [0.5, 0.6) is 0 Å². The summed E-state index contributed by atoms with van der Waals surface area (Å²) in [6.07, 6.45) is 4.43. The van der Waals surface area contributed by atoms with E-state index in [1.54, 1.807) is 0 Å². The van der Waals surface area contributed by atoms with E-state index >= 15 is 0 Å². The van der Waals surface area contributed by atoms with Crippen LogP contribution in [0, 0.1) is 5.92 Å². The van der Waals surface area contributed by atoms with Crippen LogP contribution in [-0.2, 0) is 9.53 Å². The molecule has 112 valence electrons. The molecule has 2 rings (SSSR count). The highest BCUT2D eigenvalue weighted by Crippen LogP contribution is 2.36. The first-order valence-corrected chi connectivity index (χ1v) is 8.20. The zero-order chi connectivity index (χ0) is 14.5. The van der Waals surface area contributed by atoms with E-state index in [2.05, 4.69) is 17.7 Å². The van der Waals surface area contributed by atoms with Gasteiger partial charge in [0.1, 0.15) is 5.04 Å². The molecule has 1 fully saturated rings. The maximum Gasteiger partial charge on any atom is 0.508 e. The van der Waals surface area contributed by atoms with Crippen molar-refractivity contribution in [3.63, 3.8) is 0 Å². The van der Waals surface area contributed by atoms with E-state index in [4.69, 9.17) is 9.84 Å². The Balaban J connectivity index is 2.07. The van der Waals surface area contributed by atoms with Gasteiger partial charge < -0.3 is 9.84 Å². The van der Waals surface area contributed by atoms with Crippen molar-refractivity contribution in [1.82, 2.24) is 5.01 Å². The van der Waals surface area contributed by atoms with Crippen molar-refractivity contribution in [1.29, 1.82) is 0 Å². The van der Waals surface area contributed by atoms with E-state index in [0.29, 0.717) is 11.7 Å². The van der Waals surface area contributed by atoms with Crippen molar-refractivity contribution in [3.05, 3.63) is 0 Å². The predicted molar refractivity (Wildman–Crippen MR) is 79.8 cm³/mol. The van der Waals surface area contributed by atoms with Gasteiger partial charge in [0.15, 0.2) is 0 Å². The summed E-state index contributed by atoms with van der Waals surface area (Å²) in [6, 6.07) is 0. The first kappa shape index (κ1) is 15.5. The molecule has 0 radical (unpaired) electrons. The number of hydrazone groups is 1. The first-order chi connectivity index (χ1) is 9.61. The normalized spacial score (nSPS) is 23.6. The summed E-state index contributed by atoms with van der Waals surface area (Å²) < 4.78 is 4.76. The van der Waals surface area contributed by atoms with E-state index in [1.807, 2.05) is 0 Å².